The van der Waals surface area contributed by atoms with Crippen LogP contribution < -0.4 is 21.3 Å². The average Bonchev–Trinajstić information content (AvgIpc) is 3.69. The molecule has 2 aromatic carbocycles. The Morgan fingerprint density at radius 2 is 1.44 bits per heavy atom. The molecule has 16 heteroatoms. The van der Waals surface area contributed by atoms with Gasteiger partial charge in [-0.15, -0.1) is 0 Å². The van der Waals surface area contributed by atoms with E-state index in [4.69, 9.17) is 4.74 Å². The van der Waals surface area contributed by atoms with Gasteiger partial charge in [0, 0.05) is 50.7 Å². The summed E-state index contributed by atoms with van der Waals surface area (Å²) >= 11 is 0. The van der Waals surface area contributed by atoms with Crippen molar-refractivity contribution in [1.29, 1.82) is 0 Å². The van der Waals surface area contributed by atoms with Gasteiger partial charge in [0.15, 0.2) is 29.3 Å². The summed E-state index contributed by atoms with van der Waals surface area (Å²) in [5, 5.41) is 42.2. The van der Waals surface area contributed by atoms with E-state index in [2.05, 4.69) is 68.8 Å². The maximum Gasteiger partial charge on any atom is 0.335 e. The van der Waals surface area contributed by atoms with E-state index >= 15 is 0 Å². The minimum absolute atomic E-state index is 0.0650. The van der Waals surface area contributed by atoms with E-state index in [1.807, 2.05) is 60.7 Å². The van der Waals surface area contributed by atoms with Crippen LogP contribution in [0.25, 0.3) is 11.2 Å². The number of carboxylic acids is 1. The van der Waals surface area contributed by atoms with Gasteiger partial charge >= 0.3 is 12.0 Å². The number of anilines is 1. The SMILES string of the molecule is CC(C)N(CCNC(=O)NCCNC(=O)c1nc(NCC(c2ccccc2)c2ccccc2)c2ncn([C@@H]3O[C@H](C(=O)O)[C@@H](O)[C@H]3O)c2n1)C(C)C. The first-order valence-electron chi connectivity index (χ1n) is 17.3. The van der Waals surface area contributed by atoms with Crippen molar-refractivity contribution in [2.45, 2.75) is 70.2 Å². The number of rotatable bonds is 16. The summed E-state index contributed by atoms with van der Waals surface area (Å²) in [6, 6.07) is 20.1. The third kappa shape index (κ3) is 9.00. The molecule has 3 amide bonds. The first-order valence-corrected chi connectivity index (χ1v) is 17.3. The van der Waals surface area contributed by atoms with Crippen molar-refractivity contribution < 1.29 is 34.4 Å². The Kier molecular flexibility index (Phi) is 12.7. The van der Waals surface area contributed by atoms with Crippen LogP contribution in [0.3, 0.4) is 0 Å². The molecular formula is C36H47N9O7. The second-order valence-corrected chi connectivity index (χ2v) is 13.1. The summed E-state index contributed by atoms with van der Waals surface area (Å²) in [6.07, 6.45) is -5.11. The molecule has 2 aromatic heterocycles. The van der Waals surface area contributed by atoms with Crippen LogP contribution >= 0.6 is 0 Å². The molecule has 1 fully saturated rings. The third-order valence-corrected chi connectivity index (χ3v) is 8.94. The molecule has 0 saturated carbocycles. The summed E-state index contributed by atoms with van der Waals surface area (Å²) in [5.41, 5.74) is 2.38. The van der Waals surface area contributed by atoms with Crippen molar-refractivity contribution in [3.05, 3.63) is 83.9 Å². The van der Waals surface area contributed by atoms with Gasteiger partial charge in [0.2, 0.25) is 5.82 Å². The Labute approximate surface area is 301 Å². The topological polar surface area (TPSA) is 216 Å². The number of hydrogen-bond donors (Lipinski definition) is 7. The number of urea groups is 1. The molecule has 7 N–H and O–H groups in total. The zero-order valence-corrected chi connectivity index (χ0v) is 29.6. The van der Waals surface area contributed by atoms with Gasteiger partial charge in [-0.05, 0) is 38.8 Å². The van der Waals surface area contributed by atoms with E-state index in [-0.39, 0.29) is 47.8 Å². The highest BCUT2D eigenvalue weighted by Crippen LogP contribution is 2.33. The lowest BCUT2D eigenvalue weighted by Crippen LogP contribution is -2.45. The number of aliphatic carboxylic acids is 1. The Morgan fingerprint density at radius 1 is 0.846 bits per heavy atom. The molecule has 3 heterocycles. The number of amides is 3. The van der Waals surface area contributed by atoms with Gasteiger partial charge < -0.3 is 41.3 Å². The molecule has 4 atom stereocenters. The second kappa shape index (κ2) is 17.4. The van der Waals surface area contributed by atoms with E-state index in [1.54, 1.807) is 0 Å². The lowest BCUT2D eigenvalue weighted by molar-refractivity contribution is -0.155. The molecule has 5 rings (SSSR count). The molecule has 4 aromatic rings. The van der Waals surface area contributed by atoms with E-state index in [0.29, 0.717) is 31.7 Å². The van der Waals surface area contributed by atoms with Crippen LogP contribution in [0, 0.1) is 0 Å². The molecular weight excluding hydrogens is 670 g/mol. The highest BCUT2D eigenvalue weighted by Gasteiger charge is 2.48. The van der Waals surface area contributed by atoms with Crippen LogP contribution in [-0.4, -0.2) is 121 Å². The summed E-state index contributed by atoms with van der Waals surface area (Å²) < 4.78 is 6.78. The number of carbonyl (C=O) groups excluding carboxylic acids is 2. The highest BCUT2D eigenvalue weighted by molar-refractivity contribution is 5.94. The molecule has 52 heavy (non-hydrogen) atoms. The Morgan fingerprint density at radius 3 is 2.02 bits per heavy atom. The predicted octanol–water partition coefficient (Wildman–Crippen LogP) is 1.92. The monoisotopic (exact) mass is 717 g/mol. The van der Waals surface area contributed by atoms with Crippen molar-refractivity contribution >= 4 is 34.9 Å². The zero-order chi connectivity index (χ0) is 37.4. The Bertz CT molecular complexity index is 1760. The molecule has 1 aliphatic heterocycles. The molecule has 16 nitrogen and oxygen atoms in total. The van der Waals surface area contributed by atoms with Gasteiger partial charge in [0.25, 0.3) is 5.91 Å². The second-order valence-electron chi connectivity index (χ2n) is 13.1. The number of imidazole rings is 1. The molecule has 0 radical (unpaired) electrons. The molecule has 0 bridgehead atoms. The average molecular weight is 718 g/mol. The number of aliphatic hydroxyl groups excluding tert-OH is 2. The Balaban J connectivity index is 1.34. The summed E-state index contributed by atoms with van der Waals surface area (Å²) in [5.74, 6) is -2.25. The summed E-state index contributed by atoms with van der Waals surface area (Å²) in [4.78, 5) is 53.1. The van der Waals surface area contributed by atoms with Crippen molar-refractivity contribution in [2.75, 3.05) is 38.0 Å². The lowest BCUT2D eigenvalue weighted by Gasteiger charge is -2.30. The number of hydrogen-bond acceptors (Lipinski definition) is 11. The number of carboxylic acid groups (broad SMARTS) is 1. The van der Waals surface area contributed by atoms with Crippen LogP contribution in [0.4, 0.5) is 10.6 Å². The number of fused-ring (bicyclic) bond motifs is 1. The van der Waals surface area contributed by atoms with Crippen LogP contribution in [0.5, 0.6) is 0 Å². The maximum atomic E-state index is 13.4. The molecule has 0 aliphatic carbocycles. The van der Waals surface area contributed by atoms with Crippen LogP contribution in [0.15, 0.2) is 67.0 Å². The minimum atomic E-state index is -1.71. The first-order chi connectivity index (χ1) is 25.0. The molecule has 0 spiro atoms. The molecule has 1 aliphatic rings. The Hall–Kier alpha value is -5.16. The summed E-state index contributed by atoms with van der Waals surface area (Å²) in [6.45, 7) is 10.1. The smallest absolute Gasteiger partial charge is 0.335 e. The van der Waals surface area contributed by atoms with Gasteiger partial charge in [-0.2, -0.15) is 0 Å². The molecule has 1 saturated heterocycles. The van der Waals surface area contributed by atoms with E-state index < -0.39 is 36.4 Å². The van der Waals surface area contributed by atoms with Crippen LogP contribution in [-0.2, 0) is 9.53 Å². The van der Waals surface area contributed by atoms with E-state index in [9.17, 15) is 29.7 Å². The lowest BCUT2D eigenvalue weighted by atomic mass is 9.91. The fraction of sp³-hybridized carbons (Fsp3) is 0.444. The van der Waals surface area contributed by atoms with Crippen molar-refractivity contribution in [2.24, 2.45) is 0 Å². The van der Waals surface area contributed by atoms with Crippen LogP contribution in [0.2, 0.25) is 0 Å². The maximum absolute atomic E-state index is 13.4. The molecule has 278 valence electrons. The quantitative estimate of drug-likeness (QED) is 0.0828. The molecule has 0 unspecified atom stereocenters. The number of carbonyl (C=O) groups is 3. The van der Waals surface area contributed by atoms with Gasteiger partial charge in [0.05, 0.1) is 6.33 Å². The fourth-order valence-electron chi connectivity index (χ4n) is 6.32. The number of nitrogens with zero attached hydrogens (tertiary/aromatic N) is 5. The first kappa shape index (κ1) is 38.1. The van der Waals surface area contributed by atoms with Crippen molar-refractivity contribution in [1.82, 2.24) is 40.4 Å². The number of ether oxygens (including phenoxy) is 1. The fourth-order valence-corrected chi connectivity index (χ4v) is 6.32. The third-order valence-electron chi connectivity index (χ3n) is 8.94. The number of aliphatic hydroxyl groups is 2. The van der Waals surface area contributed by atoms with E-state index in [0.717, 1.165) is 11.1 Å². The zero-order valence-electron chi connectivity index (χ0n) is 29.6. The van der Waals surface area contributed by atoms with Gasteiger partial charge in [0.1, 0.15) is 12.2 Å². The van der Waals surface area contributed by atoms with Crippen molar-refractivity contribution in [3.63, 3.8) is 0 Å². The number of benzene rings is 2. The van der Waals surface area contributed by atoms with Gasteiger partial charge in [-0.3, -0.25) is 14.3 Å². The van der Waals surface area contributed by atoms with E-state index in [1.165, 1.54) is 10.9 Å². The summed E-state index contributed by atoms with van der Waals surface area (Å²) in [7, 11) is 0. The van der Waals surface area contributed by atoms with Gasteiger partial charge in [-0.25, -0.2) is 24.5 Å². The standard InChI is InChI=1S/C36H47N9O7/c1-21(2)44(22(3)4)18-17-39-36(51)38-16-15-37-33(48)31-42-30(40-19-25(23-11-7-5-8-12-23)24-13-9-6-10-14-24)26-32(43-31)45(20-41-26)34-28(47)27(46)29(52-34)35(49)50/h5-14,20-22,25,27-29,34,46-47H,15-19H2,1-4H3,(H,37,48)(H,49,50)(H2,38,39,51)(H,40,42,43)/t27-,28+,29-,34+/m0/s1. The van der Waals surface area contributed by atoms with Gasteiger partial charge in [-0.1, -0.05) is 60.7 Å². The predicted molar refractivity (Wildman–Crippen MR) is 193 cm³/mol. The number of nitrogens with one attached hydrogen (secondary N) is 4. The number of aromatic nitrogens is 4. The van der Waals surface area contributed by atoms with Crippen LogP contribution in [0.1, 0.15) is 61.6 Å². The largest absolute Gasteiger partial charge is 0.479 e. The van der Waals surface area contributed by atoms with Crippen molar-refractivity contribution in [3.8, 4) is 0 Å². The minimum Gasteiger partial charge on any atom is -0.479 e. The normalized spacial score (nSPS) is 18.7. The highest BCUT2D eigenvalue weighted by atomic mass is 16.6.